The summed E-state index contributed by atoms with van der Waals surface area (Å²) in [6, 6.07) is 5.89. The van der Waals surface area contributed by atoms with Gasteiger partial charge in [0, 0.05) is 17.2 Å². The molecule has 0 amide bonds. The van der Waals surface area contributed by atoms with Crippen molar-refractivity contribution in [3.05, 3.63) is 30.2 Å². The van der Waals surface area contributed by atoms with Gasteiger partial charge in [0.05, 0.1) is 6.26 Å². The van der Waals surface area contributed by atoms with Crippen LogP contribution in [0.15, 0.2) is 28.9 Å². The average Bonchev–Trinajstić information content (AvgIpc) is 2.47. The lowest BCUT2D eigenvalue weighted by Gasteiger charge is -2.16. The molecule has 68 valence electrons. The minimum absolute atomic E-state index is 0.103. The van der Waals surface area contributed by atoms with Crippen LogP contribution in [0.4, 0.5) is 0 Å². The summed E-state index contributed by atoms with van der Waals surface area (Å²) in [5, 5.41) is 0. The second kappa shape index (κ2) is 2.59. The van der Waals surface area contributed by atoms with Crippen LogP contribution in [0.1, 0.15) is 26.5 Å². The van der Waals surface area contributed by atoms with Gasteiger partial charge in [-0.1, -0.05) is 20.8 Å². The molecule has 0 saturated carbocycles. The largest absolute Gasteiger partial charge is 0.463 e. The molecule has 0 unspecified atom stereocenters. The molecule has 2 aromatic heterocycles. The fourth-order valence-electron chi connectivity index (χ4n) is 1.27. The first-order valence-corrected chi connectivity index (χ1v) is 4.42. The predicted molar refractivity (Wildman–Crippen MR) is 52.7 cm³/mol. The van der Waals surface area contributed by atoms with E-state index in [0.717, 1.165) is 16.8 Å². The van der Waals surface area contributed by atoms with Crippen LogP contribution in [0.2, 0.25) is 0 Å². The molecule has 13 heavy (non-hydrogen) atoms. The molecule has 2 heterocycles. The van der Waals surface area contributed by atoms with E-state index in [9.17, 15) is 0 Å². The molecule has 0 aliphatic rings. The molecule has 0 bridgehead atoms. The van der Waals surface area contributed by atoms with Crippen molar-refractivity contribution in [3.8, 4) is 0 Å². The van der Waals surface area contributed by atoms with Crippen molar-refractivity contribution in [1.29, 1.82) is 0 Å². The monoisotopic (exact) mass is 175 g/mol. The Morgan fingerprint density at radius 3 is 2.62 bits per heavy atom. The van der Waals surface area contributed by atoms with Crippen molar-refractivity contribution in [3.63, 3.8) is 0 Å². The zero-order valence-corrected chi connectivity index (χ0v) is 8.16. The van der Waals surface area contributed by atoms with Crippen molar-refractivity contribution < 1.29 is 4.42 Å². The fraction of sp³-hybridized carbons (Fsp3) is 0.364. The number of hydrogen-bond acceptors (Lipinski definition) is 2. The minimum atomic E-state index is 0.103. The number of fused-ring (bicyclic) bond motifs is 1. The minimum Gasteiger partial charge on any atom is -0.463 e. The van der Waals surface area contributed by atoms with Gasteiger partial charge >= 0.3 is 0 Å². The third-order valence-corrected chi connectivity index (χ3v) is 2.08. The van der Waals surface area contributed by atoms with Crippen molar-refractivity contribution in [1.82, 2.24) is 4.98 Å². The van der Waals surface area contributed by atoms with Crippen LogP contribution in [0.5, 0.6) is 0 Å². The Hall–Kier alpha value is -1.31. The van der Waals surface area contributed by atoms with E-state index in [0.29, 0.717) is 0 Å². The molecule has 2 aromatic rings. The van der Waals surface area contributed by atoms with Crippen molar-refractivity contribution in [2.75, 3.05) is 0 Å². The van der Waals surface area contributed by atoms with Crippen LogP contribution in [-0.2, 0) is 5.41 Å². The highest BCUT2D eigenvalue weighted by Crippen LogP contribution is 2.22. The van der Waals surface area contributed by atoms with Crippen LogP contribution in [0.3, 0.4) is 0 Å². The zero-order valence-electron chi connectivity index (χ0n) is 8.16. The molecule has 0 fully saturated rings. The predicted octanol–water partition coefficient (Wildman–Crippen LogP) is 3.13. The lowest BCUT2D eigenvalue weighted by Crippen LogP contribution is -2.12. The number of rotatable bonds is 0. The summed E-state index contributed by atoms with van der Waals surface area (Å²) in [6.45, 7) is 6.46. The maximum atomic E-state index is 5.22. The van der Waals surface area contributed by atoms with Crippen LogP contribution in [-0.4, -0.2) is 4.98 Å². The van der Waals surface area contributed by atoms with Crippen LogP contribution in [0, 0.1) is 0 Å². The van der Waals surface area contributed by atoms with E-state index < -0.39 is 0 Å². The van der Waals surface area contributed by atoms with Gasteiger partial charge in [0.15, 0.2) is 5.58 Å². The van der Waals surface area contributed by atoms with Gasteiger partial charge in [-0.25, -0.2) is 4.98 Å². The Morgan fingerprint density at radius 2 is 1.92 bits per heavy atom. The van der Waals surface area contributed by atoms with Crippen molar-refractivity contribution >= 4 is 11.1 Å². The summed E-state index contributed by atoms with van der Waals surface area (Å²) in [4.78, 5) is 4.51. The zero-order chi connectivity index (χ0) is 9.47. The SMILES string of the molecule is CC(C)(C)c1ccc2occc2n1. The van der Waals surface area contributed by atoms with E-state index in [4.69, 9.17) is 4.42 Å². The van der Waals surface area contributed by atoms with Gasteiger partial charge in [0.2, 0.25) is 0 Å². The molecule has 0 atom stereocenters. The normalized spacial score (nSPS) is 12.2. The van der Waals surface area contributed by atoms with E-state index in [1.807, 2.05) is 18.2 Å². The number of aromatic nitrogens is 1. The molecule has 0 aliphatic heterocycles. The molecule has 0 radical (unpaired) electrons. The molecule has 2 nitrogen and oxygen atoms in total. The van der Waals surface area contributed by atoms with Gasteiger partial charge in [-0.2, -0.15) is 0 Å². The molecule has 0 aliphatic carbocycles. The quantitative estimate of drug-likeness (QED) is 0.614. The highest BCUT2D eigenvalue weighted by molar-refractivity contribution is 5.72. The molecule has 0 aromatic carbocycles. The summed E-state index contributed by atoms with van der Waals surface area (Å²) in [7, 11) is 0. The van der Waals surface area contributed by atoms with Gasteiger partial charge in [-0.05, 0) is 12.1 Å². The summed E-state index contributed by atoms with van der Waals surface area (Å²) in [5.41, 5.74) is 2.99. The third-order valence-electron chi connectivity index (χ3n) is 2.08. The lowest BCUT2D eigenvalue weighted by atomic mass is 9.92. The maximum absolute atomic E-state index is 5.22. The molecule has 0 saturated heterocycles. The van der Waals surface area contributed by atoms with E-state index in [2.05, 4.69) is 25.8 Å². The standard InChI is InChI=1S/C11H13NO/c1-11(2,3)10-5-4-9-8(12-10)6-7-13-9/h4-7H,1-3H3. The Morgan fingerprint density at radius 1 is 1.15 bits per heavy atom. The van der Waals surface area contributed by atoms with Gasteiger partial charge in [-0.3, -0.25) is 0 Å². The molecular weight excluding hydrogens is 162 g/mol. The fourth-order valence-corrected chi connectivity index (χ4v) is 1.27. The summed E-state index contributed by atoms with van der Waals surface area (Å²) in [5.74, 6) is 0. The van der Waals surface area contributed by atoms with E-state index in [-0.39, 0.29) is 5.41 Å². The first-order valence-electron chi connectivity index (χ1n) is 4.42. The second-order valence-electron chi connectivity index (χ2n) is 4.25. The van der Waals surface area contributed by atoms with Crippen molar-refractivity contribution in [2.24, 2.45) is 0 Å². The molecule has 0 N–H and O–H groups in total. The molecular formula is C11H13NO. The smallest absolute Gasteiger partial charge is 0.152 e. The Balaban J connectivity index is 2.61. The van der Waals surface area contributed by atoms with Gasteiger partial charge in [-0.15, -0.1) is 0 Å². The molecule has 2 heteroatoms. The second-order valence-corrected chi connectivity index (χ2v) is 4.25. The van der Waals surface area contributed by atoms with E-state index in [1.54, 1.807) is 6.26 Å². The first-order chi connectivity index (χ1) is 6.07. The molecule has 0 spiro atoms. The highest BCUT2D eigenvalue weighted by Gasteiger charge is 2.15. The van der Waals surface area contributed by atoms with Crippen LogP contribution >= 0.6 is 0 Å². The number of nitrogens with zero attached hydrogens (tertiary/aromatic N) is 1. The Kier molecular flexibility index (Phi) is 1.65. The summed E-state index contributed by atoms with van der Waals surface area (Å²) in [6.07, 6.45) is 1.67. The van der Waals surface area contributed by atoms with Crippen LogP contribution < -0.4 is 0 Å². The summed E-state index contributed by atoms with van der Waals surface area (Å²) < 4.78 is 5.22. The van der Waals surface area contributed by atoms with Crippen molar-refractivity contribution in [2.45, 2.75) is 26.2 Å². The Labute approximate surface area is 77.6 Å². The lowest BCUT2D eigenvalue weighted by molar-refractivity contribution is 0.569. The third kappa shape index (κ3) is 1.44. The molecule has 2 rings (SSSR count). The first kappa shape index (κ1) is 8.30. The number of furan rings is 1. The van der Waals surface area contributed by atoms with Gasteiger partial charge in [0.1, 0.15) is 5.52 Å². The van der Waals surface area contributed by atoms with E-state index in [1.165, 1.54) is 0 Å². The topological polar surface area (TPSA) is 26.0 Å². The number of pyridine rings is 1. The number of hydrogen-bond donors (Lipinski definition) is 0. The average molecular weight is 175 g/mol. The van der Waals surface area contributed by atoms with Crippen LogP contribution in [0.25, 0.3) is 11.1 Å². The van der Waals surface area contributed by atoms with Gasteiger partial charge < -0.3 is 4.42 Å². The highest BCUT2D eigenvalue weighted by atomic mass is 16.3. The van der Waals surface area contributed by atoms with E-state index >= 15 is 0 Å². The maximum Gasteiger partial charge on any atom is 0.152 e. The Bertz CT molecular complexity index is 423. The summed E-state index contributed by atoms with van der Waals surface area (Å²) >= 11 is 0. The van der Waals surface area contributed by atoms with Gasteiger partial charge in [0.25, 0.3) is 0 Å².